The van der Waals surface area contributed by atoms with Crippen molar-refractivity contribution in [3.8, 4) is 33.8 Å². The first kappa shape index (κ1) is 51.5. The maximum Gasteiger partial charge on any atom is 0.344 e. The summed E-state index contributed by atoms with van der Waals surface area (Å²) in [7, 11) is -7.56. The molecular weight excluding hydrogens is 925 g/mol. The molecule has 0 saturated carbocycles. The number of aliphatic carboxylic acids is 1. The monoisotopic (exact) mass is 986 g/mol. The molecule has 6 aromatic rings. The highest BCUT2D eigenvalue weighted by molar-refractivity contribution is 7.89. The maximum atomic E-state index is 13.5. The van der Waals surface area contributed by atoms with Gasteiger partial charge in [0, 0.05) is 12.1 Å². The van der Waals surface area contributed by atoms with Gasteiger partial charge in [0.05, 0.1) is 9.79 Å². The van der Waals surface area contributed by atoms with Crippen molar-refractivity contribution in [3.05, 3.63) is 167 Å². The molecule has 0 aromatic heterocycles. The van der Waals surface area contributed by atoms with E-state index in [2.05, 4.69) is 9.44 Å². The number of nitrogens with one attached hydrogen (secondary N) is 2. The van der Waals surface area contributed by atoms with Gasteiger partial charge in [0.15, 0.2) is 13.2 Å². The Morgan fingerprint density at radius 1 is 0.557 bits per heavy atom. The third-order valence-corrected chi connectivity index (χ3v) is 15.1. The Labute approximate surface area is 412 Å². The number of carbonyl (C=O) groups is 2. The molecule has 2 aliphatic rings. The zero-order chi connectivity index (χ0) is 50.1. The molecule has 70 heavy (non-hydrogen) atoms. The van der Waals surface area contributed by atoms with Crippen LogP contribution in [0.25, 0.3) is 22.3 Å². The summed E-state index contributed by atoms with van der Waals surface area (Å²) in [5, 5.41) is 8.97. The first-order chi connectivity index (χ1) is 33.3. The molecule has 0 saturated heterocycles. The van der Waals surface area contributed by atoms with E-state index in [4.69, 9.17) is 19.3 Å². The molecule has 8 rings (SSSR count). The summed E-state index contributed by atoms with van der Waals surface area (Å²) in [4.78, 5) is 23.6. The number of benzene rings is 6. The van der Waals surface area contributed by atoms with Crippen molar-refractivity contribution in [1.29, 1.82) is 0 Å². The minimum Gasteiger partial charge on any atom is -0.482 e. The van der Waals surface area contributed by atoms with Crippen LogP contribution in [0.15, 0.2) is 143 Å². The number of carboxylic acids is 1. The van der Waals surface area contributed by atoms with Crippen LogP contribution in [0, 0.1) is 13.8 Å². The second-order valence-corrected chi connectivity index (χ2v) is 22.3. The molecule has 3 N–H and O–H groups in total. The smallest absolute Gasteiger partial charge is 0.344 e. The number of carboxylic acid groups (broad SMARTS) is 1. The first-order valence-electron chi connectivity index (χ1n) is 23.7. The van der Waals surface area contributed by atoms with E-state index in [-0.39, 0.29) is 16.4 Å². The summed E-state index contributed by atoms with van der Waals surface area (Å²) in [6, 6.07) is 40.2. The van der Waals surface area contributed by atoms with E-state index in [1.54, 1.807) is 48.5 Å². The van der Waals surface area contributed by atoms with E-state index < -0.39 is 56.3 Å². The van der Waals surface area contributed by atoms with Crippen molar-refractivity contribution in [1.82, 2.24) is 9.44 Å². The highest BCUT2D eigenvalue weighted by atomic mass is 32.2. The lowest BCUT2D eigenvalue weighted by Crippen LogP contribution is -2.29. The third-order valence-electron chi connectivity index (χ3n) is 12.2. The lowest BCUT2D eigenvalue weighted by Gasteiger charge is -2.22. The molecule has 0 heterocycles. The van der Waals surface area contributed by atoms with Crippen molar-refractivity contribution in [2.24, 2.45) is 0 Å². The van der Waals surface area contributed by atoms with Crippen LogP contribution in [0.2, 0.25) is 0 Å². The van der Waals surface area contributed by atoms with Crippen LogP contribution in [-0.2, 0) is 47.2 Å². The Morgan fingerprint density at radius 2 is 0.971 bits per heavy atom. The van der Waals surface area contributed by atoms with Gasteiger partial charge in [0.25, 0.3) is 0 Å². The Bertz CT molecular complexity index is 3020. The average molecular weight is 987 g/mol. The largest absolute Gasteiger partial charge is 0.482 e. The van der Waals surface area contributed by atoms with Crippen LogP contribution in [0.3, 0.4) is 0 Å². The van der Waals surface area contributed by atoms with Gasteiger partial charge in [-0.3, -0.25) is 0 Å². The fraction of sp³-hybridized carbons (Fsp3) is 0.321. The average Bonchev–Trinajstić information content (AvgIpc) is 3.66. The van der Waals surface area contributed by atoms with E-state index in [9.17, 15) is 26.4 Å². The molecule has 0 spiro atoms. The van der Waals surface area contributed by atoms with E-state index in [1.807, 2.05) is 120 Å². The molecule has 0 fully saturated rings. The van der Waals surface area contributed by atoms with Crippen molar-refractivity contribution in [2.75, 3.05) is 13.2 Å². The van der Waals surface area contributed by atoms with Crippen LogP contribution in [-0.4, -0.2) is 52.7 Å². The third kappa shape index (κ3) is 13.7. The number of aryl methyl sites for hydroxylation is 2. The van der Waals surface area contributed by atoms with E-state index in [1.165, 1.54) is 0 Å². The van der Waals surface area contributed by atoms with Crippen molar-refractivity contribution in [3.63, 3.8) is 0 Å². The van der Waals surface area contributed by atoms with Crippen molar-refractivity contribution >= 4 is 32.0 Å². The fourth-order valence-electron chi connectivity index (χ4n) is 8.82. The summed E-state index contributed by atoms with van der Waals surface area (Å²) in [6.07, 6.45) is 6.31. The zero-order valence-electron chi connectivity index (χ0n) is 40.4. The number of hydrogen-bond donors (Lipinski definition) is 3. The lowest BCUT2D eigenvalue weighted by molar-refractivity contribution is -0.157. The molecule has 0 bridgehead atoms. The Morgan fingerprint density at radius 3 is 1.39 bits per heavy atom. The molecule has 368 valence electrons. The predicted molar refractivity (Wildman–Crippen MR) is 272 cm³/mol. The minimum atomic E-state index is -3.78. The zero-order valence-corrected chi connectivity index (χ0v) is 42.0. The molecule has 14 heteroatoms. The van der Waals surface area contributed by atoms with Crippen molar-refractivity contribution in [2.45, 2.75) is 113 Å². The van der Waals surface area contributed by atoms with Gasteiger partial charge < -0.3 is 19.3 Å². The highest BCUT2D eigenvalue weighted by Gasteiger charge is 2.29. The van der Waals surface area contributed by atoms with Crippen LogP contribution >= 0.6 is 0 Å². The molecule has 6 aromatic carbocycles. The standard InChI is InChI=1S/C30H35NO5S.C26H27NO5S/c1-21-15-17-22(18-16-21)23-9-7-10-24(19-23)37(33,34)31-27-13-6-5-11-26-25(27)12-8-14-28(26)35-20-29(32)36-30(2,3)4;1-18-12-14-19(15-13-18)20-6-4-7-21(16-20)33(30,31)27-24-10-3-2-8-23-22(24)9-5-11-25(23)32-17-26(28)29/h7-10,12,14-19,27,31H,5-6,11,13,20H2,1-4H3;4-7,9,11-16,24,27H,2-3,8,10,17H2,1H3,(H,28,29). The topological polar surface area (TPSA) is 174 Å². The van der Waals surface area contributed by atoms with E-state index >= 15 is 0 Å². The Kier molecular flexibility index (Phi) is 16.6. The highest BCUT2D eigenvalue weighted by Crippen LogP contribution is 2.37. The van der Waals surface area contributed by atoms with Crippen LogP contribution in [0.1, 0.15) is 105 Å². The van der Waals surface area contributed by atoms with Gasteiger partial charge in [-0.1, -0.05) is 121 Å². The number of rotatable bonds is 14. The second kappa shape index (κ2) is 22.6. The summed E-state index contributed by atoms with van der Waals surface area (Å²) in [5.41, 5.74) is 8.85. The quantitative estimate of drug-likeness (QED) is 0.0704. The number of hydrogen-bond acceptors (Lipinski definition) is 9. The number of esters is 1. The predicted octanol–water partition coefficient (Wildman–Crippen LogP) is 11.0. The Hall–Kier alpha value is -6.32. The van der Waals surface area contributed by atoms with Gasteiger partial charge in [-0.05, 0) is 154 Å². The summed E-state index contributed by atoms with van der Waals surface area (Å²) in [6.45, 7) is 8.84. The number of sulfonamides is 2. The normalized spacial score (nSPS) is 16.0. The lowest BCUT2D eigenvalue weighted by atomic mass is 9.99. The number of carbonyl (C=O) groups excluding carboxylic acids is 1. The first-order valence-corrected chi connectivity index (χ1v) is 26.6. The van der Waals surface area contributed by atoms with Gasteiger partial charge in [-0.2, -0.15) is 0 Å². The molecule has 0 aliphatic heterocycles. The fourth-order valence-corrected chi connectivity index (χ4v) is 11.4. The second-order valence-electron chi connectivity index (χ2n) is 18.8. The van der Waals surface area contributed by atoms with Gasteiger partial charge >= 0.3 is 11.9 Å². The Balaban J connectivity index is 0.000000208. The molecule has 2 atom stereocenters. The molecular formula is C56H62N2O10S2. The molecule has 12 nitrogen and oxygen atoms in total. The number of fused-ring (bicyclic) bond motifs is 2. The van der Waals surface area contributed by atoms with Crippen molar-refractivity contribution < 1.29 is 45.7 Å². The van der Waals surface area contributed by atoms with Crippen LogP contribution < -0.4 is 18.9 Å². The summed E-state index contributed by atoms with van der Waals surface area (Å²) < 4.78 is 76.2. The molecule has 0 radical (unpaired) electrons. The van der Waals surface area contributed by atoms with E-state index in [0.717, 1.165) is 87.7 Å². The van der Waals surface area contributed by atoms with E-state index in [0.29, 0.717) is 30.8 Å². The van der Waals surface area contributed by atoms with Gasteiger partial charge in [-0.15, -0.1) is 0 Å². The summed E-state index contributed by atoms with van der Waals surface area (Å²) in [5.74, 6) is -0.394. The summed E-state index contributed by atoms with van der Waals surface area (Å²) >= 11 is 0. The number of ether oxygens (including phenoxy) is 3. The van der Waals surface area contributed by atoms with Crippen LogP contribution in [0.5, 0.6) is 11.5 Å². The van der Waals surface area contributed by atoms with Gasteiger partial charge in [0.2, 0.25) is 20.0 Å². The van der Waals surface area contributed by atoms with Gasteiger partial charge in [-0.25, -0.2) is 35.9 Å². The maximum absolute atomic E-state index is 13.5. The minimum absolute atomic E-state index is 0.198. The SMILES string of the molecule is Cc1ccc(-c2cccc(S(=O)(=O)NC3CCCCc4c(OCC(=O)O)cccc43)c2)cc1.Cc1ccc(-c2cccc(S(=O)(=O)NC3CCCCc4c(OCC(=O)OC(C)(C)C)cccc43)c2)cc1. The molecule has 2 unspecified atom stereocenters. The van der Waals surface area contributed by atoms with Crippen LogP contribution in [0.4, 0.5) is 0 Å². The molecule has 0 amide bonds. The van der Waals surface area contributed by atoms with Gasteiger partial charge in [0.1, 0.15) is 17.1 Å². The molecule has 2 aliphatic carbocycles.